The summed E-state index contributed by atoms with van der Waals surface area (Å²) < 4.78 is 4.62. The molecule has 1 amide bonds. The monoisotopic (exact) mass is 223 g/mol. The number of ether oxygens (including phenoxy) is 1. The van der Waals surface area contributed by atoms with Crippen molar-refractivity contribution < 1.29 is 19.4 Å². The van der Waals surface area contributed by atoms with Crippen molar-refractivity contribution in [1.29, 1.82) is 0 Å². The standard InChI is InChI=1S/C6H9NO4S2/c1-2-11-5(10)7-6(12)13-3-4(8)9/h2-3H2,1H3,(H,8,9)(H,7,10,12). The zero-order chi connectivity index (χ0) is 10.3. The quantitative estimate of drug-likeness (QED) is 0.690. The van der Waals surface area contributed by atoms with Gasteiger partial charge in [-0.3, -0.25) is 10.1 Å². The predicted molar refractivity (Wildman–Crippen MR) is 52.8 cm³/mol. The average molecular weight is 223 g/mol. The second kappa shape index (κ2) is 6.67. The molecule has 0 aromatic carbocycles. The van der Waals surface area contributed by atoms with Crippen LogP contribution in [-0.4, -0.2) is 33.8 Å². The predicted octanol–water partition coefficient (Wildman–Crippen LogP) is 0.835. The van der Waals surface area contributed by atoms with Gasteiger partial charge >= 0.3 is 12.1 Å². The molecule has 0 rings (SSSR count). The molecule has 0 unspecified atom stereocenters. The molecule has 0 radical (unpaired) electrons. The number of aliphatic carboxylic acids is 1. The summed E-state index contributed by atoms with van der Waals surface area (Å²) in [7, 11) is 0. The maximum atomic E-state index is 10.7. The Hall–Kier alpha value is -0.820. The largest absolute Gasteiger partial charge is 0.481 e. The highest BCUT2D eigenvalue weighted by atomic mass is 32.2. The van der Waals surface area contributed by atoms with Gasteiger partial charge in [-0.05, 0) is 6.92 Å². The van der Waals surface area contributed by atoms with Gasteiger partial charge in [-0.2, -0.15) is 0 Å². The lowest BCUT2D eigenvalue weighted by Gasteiger charge is -2.03. The number of carboxylic acid groups (broad SMARTS) is 1. The molecular formula is C6H9NO4S2. The van der Waals surface area contributed by atoms with Crippen LogP contribution in [0.5, 0.6) is 0 Å². The summed E-state index contributed by atoms with van der Waals surface area (Å²) in [6.45, 7) is 1.91. The number of carbonyl (C=O) groups is 2. The molecule has 0 heterocycles. The molecule has 74 valence electrons. The molecule has 0 aromatic heterocycles. The molecule has 0 aromatic rings. The molecule has 2 N–H and O–H groups in total. The van der Waals surface area contributed by atoms with Crippen LogP contribution >= 0.6 is 24.0 Å². The van der Waals surface area contributed by atoms with Gasteiger partial charge in [0.2, 0.25) is 0 Å². The highest BCUT2D eigenvalue weighted by Crippen LogP contribution is 2.01. The first kappa shape index (κ1) is 12.2. The fourth-order valence-corrected chi connectivity index (χ4v) is 1.08. The summed E-state index contributed by atoms with van der Waals surface area (Å²) in [5.74, 6) is -1.16. The number of thiocarbonyl (C=S) groups is 1. The van der Waals surface area contributed by atoms with Gasteiger partial charge in [0.15, 0.2) is 0 Å². The Morgan fingerprint density at radius 1 is 1.62 bits per heavy atom. The third-order valence-electron chi connectivity index (χ3n) is 0.806. The Bertz CT molecular complexity index is 219. The lowest BCUT2D eigenvalue weighted by molar-refractivity contribution is -0.133. The molecule has 0 spiro atoms. The van der Waals surface area contributed by atoms with E-state index >= 15 is 0 Å². The highest BCUT2D eigenvalue weighted by Gasteiger charge is 2.06. The number of carbonyl (C=O) groups excluding carboxylic acids is 1. The number of amides is 1. The Morgan fingerprint density at radius 2 is 2.23 bits per heavy atom. The van der Waals surface area contributed by atoms with Gasteiger partial charge < -0.3 is 9.84 Å². The van der Waals surface area contributed by atoms with Crippen molar-refractivity contribution in [3.05, 3.63) is 0 Å². The number of hydrogen-bond acceptors (Lipinski definition) is 5. The van der Waals surface area contributed by atoms with Gasteiger partial charge in [0.1, 0.15) is 4.32 Å². The molecular weight excluding hydrogens is 214 g/mol. The molecule has 13 heavy (non-hydrogen) atoms. The van der Waals surface area contributed by atoms with Crippen molar-refractivity contribution in [2.24, 2.45) is 0 Å². The van der Waals surface area contributed by atoms with E-state index in [0.29, 0.717) is 0 Å². The zero-order valence-electron chi connectivity index (χ0n) is 6.90. The number of rotatable bonds is 3. The molecule has 0 aliphatic carbocycles. The first-order valence-electron chi connectivity index (χ1n) is 3.38. The van der Waals surface area contributed by atoms with E-state index in [1.54, 1.807) is 6.92 Å². The fraction of sp³-hybridized carbons (Fsp3) is 0.500. The summed E-state index contributed by atoms with van der Waals surface area (Å²) >= 11 is 5.51. The smallest absolute Gasteiger partial charge is 0.412 e. The van der Waals surface area contributed by atoms with Gasteiger partial charge in [0, 0.05) is 0 Å². The fourth-order valence-electron chi connectivity index (χ4n) is 0.414. The Morgan fingerprint density at radius 3 is 2.69 bits per heavy atom. The van der Waals surface area contributed by atoms with Gasteiger partial charge in [-0.25, -0.2) is 4.79 Å². The van der Waals surface area contributed by atoms with Gasteiger partial charge in [0.25, 0.3) is 0 Å². The molecule has 0 atom stereocenters. The molecule has 0 aliphatic rings. The van der Waals surface area contributed by atoms with E-state index in [1.165, 1.54) is 0 Å². The van der Waals surface area contributed by atoms with Crippen LogP contribution in [0.25, 0.3) is 0 Å². The van der Waals surface area contributed by atoms with Crippen LogP contribution in [0.15, 0.2) is 0 Å². The van der Waals surface area contributed by atoms with E-state index in [4.69, 9.17) is 5.11 Å². The minimum absolute atomic E-state index is 0.0980. The third kappa shape index (κ3) is 7.54. The number of hydrogen-bond donors (Lipinski definition) is 2. The number of nitrogens with one attached hydrogen (secondary N) is 1. The summed E-state index contributed by atoms with van der Waals surface area (Å²) in [5.41, 5.74) is 0. The van der Waals surface area contributed by atoms with Crippen molar-refractivity contribution in [1.82, 2.24) is 5.32 Å². The van der Waals surface area contributed by atoms with Crippen molar-refractivity contribution in [3.63, 3.8) is 0 Å². The molecule has 0 aliphatic heterocycles. The van der Waals surface area contributed by atoms with Crippen LogP contribution in [0, 0.1) is 0 Å². The molecule has 0 bridgehead atoms. The van der Waals surface area contributed by atoms with E-state index in [2.05, 4.69) is 22.3 Å². The van der Waals surface area contributed by atoms with E-state index < -0.39 is 12.1 Å². The molecule has 0 fully saturated rings. The van der Waals surface area contributed by atoms with Crippen molar-refractivity contribution >= 4 is 40.4 Å². The number of alkyl carbamates (subject to hydrolysis) is 1. The van der Waals surface area contributed by atoms with E-state index in [0.717, 1.165) is 11.8 Å². The first-order valence-corrected chi connectivity index (χ1v) is 4.78. The summed E-state index contributed by atoms with van der Waals surface area (Å²) in [5, 5.41) is 10.5. The second-order valence-electron chi connectivity index (χ2n) is 1.82. The first-order chi connectivity index (χ1) is 6.06. The Balaban J connectivity index is 3.62. The van der Waals surface area contributed by atoms with Crippen LogP contribution in [0.2, 0.25) is 0 Å². The molecule has 0 saturated carbocycles. The molecule has 0 saturated heterocycles. The van der Waals surface area contributed by atoms with E-state index in [-0.39, 0.29) is 16.7 Å². The van der Waals surface area contributed by atoms with E-state index in [9.17, 15) is 9.59 Å². The SMILES string of the molecule is CCOC(=O)NC(=S)SCC(=O)O. The normalized spacial score (nSPS) is 9.00. The molecule has 7 heteroatoms. The zero-order valence-corrected chi connectivity index (χ0v) is 8.54. The van der Waals surface area contributed by atoms with E-state index in [1.807, 2.05) is 0 Å². The number of carboxylic acids is 1. The van der Waals surface area contributed by atoms with Crippen molar-refractivity contribution in [2.45, 2.75) is 6.92 Å². The number of thioether (sulfide) groups is 1. The maximum absolute atomic E-state index is 10.7. The van der Waals surface area contributed by atoms with Crippen molar-refractivity contribution in [3.8, 4) is 0 Å². The summed E-state index contributed by atoms with van der Waals surface area (Å²) in [4.78, 5) is 20.8. The Kier molecular flexibility index (Phi) is 6.25. The van der Waals surface area contributed by atoms with Gasteiger partial charge in [-0.1, -0.05) is 24.0 Å². The van der Waals surface area contributed by atoms with Crippen LogP contribution in [0.3, 0.4) is 0 Å². The maximum Gasteiger partial charge on any atom is 0.412 e. The summed E-state index contributed by atoms with van der Waals surface area (Å²) in [6, 6.07) is 0. The van der Waals surface area contributed by atoms with Crippen LogP contribution in [-0.2, 0) is 9.53 Å². The lowest BCUT2D eigenvalue weighted by Crippen LogP contribution is -2.28. The lowest BCUT2D eigenvalue weighted by atomic mass is 10.8. The van der Waals surface area contributed by atoms with Crippen LogP contribution in [0.1, 0.15) is 6.92 Å². The second-order valence-corrected chi connectivity index (χ2v) is 3.47. The molecule has 5 nitrogen and oxygen atoms in total. The summed E-state index contributed by atoms with van der Waals surface area (Å²) in [6.07, 6.45) is -0.662. The third-order valence-corrected chi connectivity index (χ3v) is 2.02. The highest BCUT2D eigenvalue weighted by molar-refractivity contribution is 8.23. The Labute approximate surface area is 84.8 Å². The van der Waals surface area contributed by atoms with Crippen molar-refractivity contribution in [2.75, 3.05) is 12.4 Å². The van der Waals surface area contributed by atoms with Gasteiger partial charge in [-0.15, -0.1) is 0 Å². The minimum atomic E-state index is -0.988. The minimum Gasteiger partial charge on any atom is -0.481 e. The topological polar surface area (TPSA) is 75.6 Å². The van der Waals surface area contributed by atoms with Gasteiger partial charge in [0.05, 0.1) is 12.4 Å². The van der Waals surface area contributed by atoms with Crippen LogP contribution in [0.4, 0.5) is 4.79 Å². The van der Waals surface area contributed by atoms with Crippen LogP contribution < -0.4 is 5.32 Å². The average Bonchev–Trinajstić information content (AvgIpc) is 2.01.